The van der Waals surface area contributed by atoms with Crippen LogP contribution in [0.5, 0.6) is 0 Å². The first-order chi connectivity index (χ1) is 14.4. The van der Waals surface area contributed by atoms with Gasteiger partial charge in [0.25, 0.3) is 5.91 Å². The average molecular weight is 409 g/mol. The third-order valence-corrected chi connectivity index (χ3v) is 5.87. The summed E-state index contributed by atoms with van der Waals surface area (Å²) in [5.74, 6) is -0.408. The van der Waals surface area contributed by atoms with Gasteiger partial charge in [-0.2, -0.15) is 0 Å². The molecule has 158 valence electrons. The third-order valence-electron chi connectivity index (χ3n) is 5.87. The molecule has 0 atom stereocenters. The summed E-state index contributed by atoms with van der Waals surface area (Å²) in [4.78, 5) is 24.1. The molecule has 2 aliphatic carbocycles. The topological polar surface area (TPSA) is 63.4 Å². The van der Waals surface area contributed by atoms with Crippen LogP contribution >= 0.6 is 0 Å². The molecule has 2 N–H and O–H groups in total. The van der Waals surface area contributed by atoms with Gasteiger partial charge < -0.3 is 10.6 Å². The fourth-order valence-corrected chi connectivity index (χ4v) is 4.04. The monoisotopic (exact) mass is 408 g/mol. The number of nitrogens with zero attached hydrogens (tertiary/aromatic N) is 1. The molecule has 4 rings (SSSR count). The molecule has 1 saturated carbocycles. The smallest absolute Gasteiger partial charge is 0.253 e. The summed E-state index contributed by atoms with van der Waals surface area (Å²) in [5.41, 5.74) is 8.89. The third kappa shape index (κ3) is 4.78. The Morgan fingerprint density at radius 1 is 1.10 bits per heavy atom. The highest BCUT2D eigenvalue weighted by Gasteiger charge is 2.24. The zero-order valence-electron chi connectivity index (χ0n) is 17.7. The maximum absolute atomic E-state index is 14.4. The maximum atomic E-state index is 14.4. The second-order valence-electron chi connectivity index (χ2n) is 7.85. The molecule has 0 bridgehead atoms. The van der Waals surface area contributed by atoms with E-state index < -0.39 is 0 Å². The molecule has 0 saturated heterocycles. The number of carbonyl (C=O) groups excluding carboxylic acids is 2. The fraction of sp³-hybridized carbons (Fsp3) is 0.360. The van der Waals surface area contributed by atoms with Crippen molar-refractivity contribution in [1.29, 1.82) is 0 Å². The number of hydrogen-bond donors (Lipinski definition) is 1. The van der Waals surface area contributed by atoms with Crippen LogP contribution in [-0.4, -0.2) is 29.8 Å². The van der Waals surface area contributed by atoms with E-state index in [4.69, 9.17) is 0 Å². The van der Waals surface area contributed by atoms with Crippen molar-refractivity contribution in [2.45, 2.75) is 51.5 Å². The number of halogens is 1. The summed E-state index contributed by atoms with van der Waals surface area (Å²) in [6.07, 6.45) is 9.93. The standard InChI is InChI=1S/C22H22FNO.C3H7NO/c1-24(18-6-2-3-7-18)22(25)17-11-9-16(10-12-17)21-19-8-4-5-15(19)13-14-20(21)23;1-2-3(4)5/h4,8-14,18H,2-3,5-7H2,1H3;2H2,1H3,(H2,4,5). The molecule has 1 fully saturated rings. The molecule has 0 radical (unpaired) electrons. The van der Waals surface area contributed by atoms with Gasteiger partial charge in [0.15, 0.2) is 0 Å². The van der Waals surface area contributed by atoms with Gasteiger partial charge in [0, 0.05) is 30.6 Å². The van der Waals surface area contributed by atoms with Gasteiger partial charge in [0.05, 0.1) is 0 Å². The lowest BCUT2D eigenvalue weighted by Crippen LogP contribution is -2.35. The highest BCUT2D eigenvalue weighted by Crippen LogP contribution is 2.34. The van der Waals surface area contributed by atoms with Crippen molar-refractivity contribution in [1.82, 2.24) is 4.90 Å². The van der Waals surface area contributed by atoms with Gasteiger partial charge in [-0.3, -0.25) is 9.59 Å². The minimum absolute atomic E-state index is 0.0529. The molecule has 0 aromatic heterocycles. The zero-order valence-corrected chi connectivity index (χ0v) is 17.7. The number of primary amides is 1. The largest absolute Gasteiger partial charge is 0.370 e. The zero-order chi connectivity index (χ0) is 21.7. The van der Waals surface area contributed by atoms with Crippen molar-refractivity contribution in [3.63, 3.8) is 0 Å². The average Bonchev–Trinajstić information content (AvgIpc) is 3.45. The minimum Gasteiger partial charge on any atom is -0.370 e. The van der Waals surface area contributed by atoms with Crippen molar-refractivity contribution in [3.8, 4) is 11.1 Å². The number of carbonyl (C=O) groups is 2. The van der Waals surface area contributed by atoms with Crippen LogP contribution in [0.3, 0.4) is 0 Å². The van der Waals surface area contributed by atoms with Crippen LogP contribution in [0.25, 0.3) is 17.2 Å². The van der Waals surface area contributed by atoms with Crippen LogP contribution in [0.1, 0.15) is 60.5 Å². The van der Waals surface area contributed by atoms with Gasteiger partial charge in [0.1, 0.15) is 5.82 Å². The molecule has 5 heteroatoms. The molecule has 2 aliphatic rings. The molecule has 2 amide bonds. The van der Waals surface area contributed by atoms with Gasteiger partial charge in [-0.25, -0.2) is 4.39 Å². The Labute approximate surface area is 177 Å². The van der Waals surface area contributed by atoms with Crippen LogP contribution in [0.15, 0.2) is 42.5 Å². The summed E-state index contributed by atoms with van der Waals surface area (Å²) in [6.45, 7) is 1.72. The molecule has 0 aliphatic heterocycles. The Bertz CT molecular complexity index is 944. The Kier molecular flexibility index (Phi) is 7.03. The molecule has 0 spiro atoms. The SMILES string of the molecule is CCC(N)=O.CN(C(=O)c1ccc(-c2c(F)ccc3c2C=CC3)cc1)C1CCCC1. The highest BCUT2D eigenvalue weighted by molar-refractivity contribution is 5.95. The summed E-state index contributed by atoms with van der Waals surface area (Å²) in [5, 5.41) is 0. The van der Waals surface area contributed by atoms with Crippen molar-refractivity contribution in [2.75, 3.05) is 7.05 Å². The van der Waals surface area contributed by atoms with Crippen LogP contribution in [-0.2, 0) is 11.2 Å². The van der Waals surface area contributed by atoms with E-state index in [1.165, 1.54) is 18.9 Å². The Morgan fingerprint density at radius 2 is 1.73 bits per heavy atom. The number of benzene rings is 2. The number of rotatable bonds is 4. The van der Waals surface area contributed by atoms with E-state index in [-0.39, 0.29) is 17.6 Å². The number of amides is 2. The Hall–Kier alpha value is -2.95. The lowest BCUT2D eigenvalue weighted by Gasteiger charge is -2.24. The lowest BCUT2D eigenvalue weighted by molar-refractivity contribution is -0.117. The van der Waals surface area contributed by atoms with Gasteiger partial charge in [-0.05, 0) is 54.2 Å². The molecular formula is C25H29FN2O2. The predicted octanol–water partition coefficient (Wildman–Crippen LogP) is 4.96. The van der Waals surface area contributed by atoms with E-state index in [1.807, 2.05) is 48.4 Å². The molecule has 0 unspecified atom stereocenters. The van der Waals surface area contributed by atoms with Crippen LogP contribution in [0, 0.1) is 5.82 Å². The van der Waals surface area contributed by atoms with Crippen molar-refractivity contribution < 1.29 is 14.0 Å². The van der Waals surface area contributed by atoms with E-state index in [2.05, 4.69) is 11.8 Å². The second-order valence-corrected chi connectivity index (χ2v) is 7.85. The minimum atomic E-state index is -0.245. The predicted molar refractivity (Wildman–Crippen MR) is 118 cm³/mol. The maximum Gasteiger partial charge on any atom is 0.253 e. The highest BCUT2D eigenvalue weighted by atomic mass is 19.1. The second kappa shape index (κ2) is 9.70. The quantitative estimate of drug-likeness (QED) is 0.777. The van der Waals surface area contributed by atoms with Crippen molar-refractivity contribution in [2.24, 2.45) is 5.73 Å². The van der Waals surface area contributed by atoms with Crippen LogP contribution < -0.4 is 5.73 Å². The molecule has 0 heterocycles. The van der Waals surface area contributed by atoms with Crippen LogP contribution in [0.2, 0.25) is 0 Å². The van der Waals surface area contributed by atoms with Gasteiger partial charge in [-0.15, -0.1) is 0 Å². The molecular weight excluding hydrogens is 379 g/mol. The van der Waals surface area contributed by atoms with Gasteiger partial charge in [-0.1, -0.05) is 50.1 Å². The molecule has 4 nitrogen and oxygen atoms in total. The van der Waals surface area contributed by atoms with E-state index in [0.29, 0.717) is 23.6 Å². The van der Waals surface area contributed by atoms with E-state index in [1.54, 1.807) is 6.92 Å². The normalized spacial score (nSPS) is 14.8. The summed E-state index contributed by atoms with van der Waals surface area (Å²) >= 11 is 0. The Balaban J connectivity index is 0.000000461. The van der Waals surface area contributed by atoms with Gasteiger partial charge in [0.2, 0.25) is 5.91 Å². The van der Waals surface area contributed by atoms with Crippen molar-refractivity contribution in [3.05, 3.63) is 65.0 Å². The molecule has 2 aromatic carbocycles. The number of hydrogen-bond acceptors (Lipinski definition) is 2. The first-order valence-corrected chi connectivity index (χ1v) is 10.6. The number of allylic oxidation sites excluding steroid dienone is 1. The van der Waals surface area contributed by atoms with Crippen molar-refractivity contribution >= 4 is 17.9 Å². The Morgan fingerprint density at radius 3 is 2.33 bits per heavy atom. The molecule has 2 aromatic rings. The summed E-state index contributed by atoms with van der Waals surface area (Å²) in [6, 6.07) is 11.1. The molecule has 30 heavy (non-hydrogen) atoms. The lowest BCUT2D eigenvalue weighted by atomic mass is 9.95. The van der Waals surface area contributed by atoms with Crippen LogP contribution in [0.4, 0.5) is 4.39 Å². The van der Waals surface area contributed by atoms with Gasteiger partial charge >= 0.3 is 0 Å². The van der Waals surface area contributed by atoms with E-state index >= 15 is 0 Å². The van der Waals surface area contributed by atoms with E-state index in [9.17, 15) is 14.0 Å². The number of nitrogens with two attached hydrogens (primary N) is 1. The first kappa shape index (κ1) is 21.8. The first-order valence-electron chi connectivity index (χ1n) is 10.6. The fourth-order valence-electron chi connectivity index (χ4n) is 4.04. The van der Waals surface area contributed by atoms with E-state index in [0.717, 1.165) is 36.0 Å². The summed E-state index contributed by atoms with van der Waals surface area (Å²) < 4.78 is 14.4. The number of fused-ring (bicyclic) bond motifs is 1. The summed E-state index contributed by atoms with van der Waals surface area (Å²) in [7, 11) is 1.89.